The van der Waals surface area contributed by atoms with Gasteiger partial charge in [0.25, 0.3) is 0 Å². The van der Waals surface area contributed by atoms with E-state index in [1.54, 1.807) is 6.20 Å². The van der Waals surface area contributed by atoms with Crippen LogP contribution in [0.2, 0.25) is 0 Å². The summed E-state index contributed by atoms with van der Waals surface area (Å²) in [6.07, 6.45) is 6.15. The van der Waals surface area contributed by atoms with Crippen LogP contribution >= 0.6 is 0 Å². The van der Waals surface area contributed by atoms with Crippen molar-refractivity contribution >= 4 is 28.5 Å². The highest BCUT2D eigenvalue weighted by Crippen LogP contribution is 2.25. The lowest BCUT2D eigenvalue weighted by atomic mass is 9.91. The van der Waals surface area contributed by atoms with Crippen LogP contribution in [0.15, 0.2) is 42.6 Å². The van der Waals surface area contributed by atoms with Crippen molar-refractivity contribution in [2.24, 2.45) is 0 Å². The highest BCUT2D eigenvalue weighted by atomic mass is 15.1. The number of nitrogens with zero attached hydrogens (tertiary/aromatic N) is 2. The molecule has 5 N–H and O–H groups in total. The number of nitrogens with one attached hydrogen (secondary N) is 3. The molecule has 0 bridgehead atoms. The monoisotopic (exact) mass is 322 g/mol. The summed E-state index contributed by atoms with van der Waals surface area (Å²) >= 11 is 0. The Balaban J connectivity index is 1.33. The van der Waals surface area contributed by atoms with Crippen molar-refractivity contribution in [3.05, 3.63) is 42.6 Å². The van der Waals surface area contributed by atoms with E-state index in [4.69, 9.17) is 5.73 Å². The van der Waals surface area contributed by atoms with Gasteiger partial charge in [-0.2, -0.15) is 0 Å². The van der Waals surface area contributed by atoms with Gasteiger partial charge in [-0.05, 0) is 49.9 Å². The van der Waals surface area contributed by atoms with Crippen LogP contribution in [0.1, 0.15) is 25.7 Å². The Morgan fingerprint density at radius 1 is 0.958 bits per heavy atom. The maximum absolute atomic E-state index is 5.95. The van der Waals surface area contributed by atoms with Crippen LogP contribution in [0.3, 0.4) is 0 Å². The van der Waals surface area contributed by atoms with Gasteiger partial charge in [-0.1, -0.05) is 12.1 Å². The van der Waals surface area contributed by atoms with Gasteiger partial charge >= 0.3 is 0 Å². The zero-order valence-corrected chi connectivity index (χ0v) is 13.5. The minimum Gasteiger partial charge on any atom is -0.396 e. The SMILES string of the molecule is Nc1cccnc1NC1CCC(Nc2nc3ccccc3[nH]2)CC1. The molecule has 1 fully saturated rings. The minimum absolute atomic E-state index is 0.427. The smallest absolute Gasteiger partial charge is 0.201 e. The average Bonchev–Trinajstić information content (AvgIpc) is 3.01. The third kappa shape index (κ3) is 3.13. The van der Waals surface area contributed by atoms with Crippen molar-refractivity contribution in [1.82, 2.24) is 15.0 Å². The second-order valence-corrected chi connectivity index (χ2v) is 6.38. The summed E-state index contributed by atoms with van der Waals surface area (Å²) in [5.41, 5.74) is 8.73. The van der Waals surface area contributed by atoms with E-state index in [0.29, 0.717) is 17.8 Å². The molecule has 0 saturated heterocycles. The van der Waals surface area contributed by atoms with Gasteiger partial charge in [0, 0.05) is 18.3 Å². The second-order valence-electron chi connectivity index (χ2n) is 6.38. The van der Waals surface area contributed by atoms with Crippen LogP contribution < -0.4 is 16.4 Å². The molecule has 1 aromatic carbocycles. The molecule has 4 rings (SSSR count). The normalized spacial score (nSPS) is 20.8. The number of fused-ring (bicyclic) bond motifs is 1. The molecular formula is C18H22N6. The molecule has 24 heavy (non-hydrogen) atoms. The number of imidazole rings is 1. The molecule has 0 spiro atoms. The first-order valence-corrected chi connectivity index (χ1v) is 8.46. The number of nitrogen functional groups attached to an aromatic ring is 1. The van der Waals surface area contributed by atoms with E-state index < -0.39 is 0 Å². The standard InChI is InChI=1S/C18H22N6/c19-14-4-3-11-20-17(14)21-12-7-9-13(10-8-12)22-18-23-15-5-1-2-6-16(15)24-18/h1-6,11-13H,7-10,19H2,(H,20,21)(H2,22,23,24). The summed E-state index contributed by atoms with van der Waals surface area (Å²) in [6.45, 7) is 0. The topological polar surface area (TPSA) is 91.7 Å². The quantitative estimate of drug-likeness (QED) is 0.591. The number of anilines is 3. The van der Waals surface area contributed by atoms with Crippen molar-refractivity contribution in [3.63, 3.8) is 0 Å². The fraction of sp³-hybridized carbons (Fsp3) is 0.333. The van der Waals surface area contributed by atoms with Crippen molar-refractivity contribution in [3.8, 4) is 0 Å². The molecular weight excluding hydrogens is 300 g/mol. The summed E-state index contributed by atoms with van der Waals surface area (Å²) in [6, 6.07) is 12.7. The molecule has 3 aromatic rings. The number of hydrogen-bond acceptors (Lipinski definition) is 5. The predicted molar refractivity (Wildman–Crippen MR) is 98.0 cm³/mol. The highest BCUT2D eigenvalue weighted by Gasteiger charge is 2.22. The molecule has 6 heteroatoms. The first-order valence-electron chi connectivity index (χ1n) is 8.46. The van der Waals surface area contributed by atoms with Gasteiger partial charge < -0.3 is 21.4 Å². The molecule has 0 atom stereocenters. The van der Waals surface area contributed by atoms with Gasteiger partial charge in [-0.25, -0.2) is 9.97 Å². The molecule has 0 unspecified atom stereocenters. The lowest BCUT2D eigenvalue weighted by Gasteiger charge is -2.30. The number of aromatic nitrogens is 3. The Labute approximate surface area is 140 Å². The molecule has 6 nitrogen and oxygen atoms in total. The summed E-state index contributed by atoms with van der Waals surface area (Å²) in [4.78, 5) is 12.3. The zero-order valence-electron chi connectivity index (χ0n) is 13.5. The Bertz CT molecular complexity index is 786. The Hall–Kier alpha value is -2.76. The lowest BCUT2D eigenvalue weighted by molar-refractivity contribution is 0.427. The van der Waals surface area contributed by atoms with E-state index in [1.807, 2.05) is 36.4 Å². The molecule has 2 heterocycles. The number of para-hydroxylation sites is 2. The Morgan fingerprint density at radius 2 is 1.71 bits per heavy atom. The molecule has 124 valence electrons. The Kier molecular flexibility index (Phi) is 3.94. The molecule has 0 radical (unpaired) electrons. The van der Waals surface area contributed by atoms with E-state index in [1.165, 1.54) is 0 Å². The van der Waals surface area contributed by atoms with E-state index in [-0.39, 0.29) is 0 Å². The molecule has 2 aromatic heterocycles. The van der Waals surface area contributed by atoms with E-state index in [0.717, 1.165) is 48.5 Å². The summed E-state index contributed by atoms with van der Waals surface area (Å²) in [7, 11) is 0. The van der Waals surface area contributed by atoms with E-state index in [2.05, 4.69) is 25.6 Å². The van der Waals surface area contributed by atoms with E-state index in [9.17, 15) is 0 Å². The summed E-state index contributed by atoms with van der Waals surface area (Å²) in [5.74, 6) is 1.66. The first-order chi connectivity index (χ1) is 11.8. The maximum atomic E-state index is 5.95. The number of benzene rings is 1. The van der Waals surface area contributed by atoms with Crippen molar-refractivity contribution < 1.29 is 0 Å². The van der Waals surface area contributed by atoms with Gasteiger partial charge in [-0.3, -0.25) is 0 Å². The summed E-state index contributed by atoms with van der Waals surface area (Å²) < 4.78 is 0. The van der Waals surface area contributed by atoms with Gasteiger partial charge in [0.05, 0.1) is 16.7 Å². The van der Waals surface area contributed by atoms with Gasteiger partial charge in [-0.15, -0.1) is 0 Å². The van der Waals surface area contributed by atoms with Crippen LogP contribution in [0.25, 0.3) is 11.0 Å². The summed E-state index contributed by atoms with van der Waals surface area (Å²) in [5, 5.41) is 7.00. The van der Waals surface area contributed by atoms with Crippen LogP contribution in [0.4, 0.5) is 17.5 Å². The molecule has 0 amide bonds. The third-order valence-corrected chi connectivity index (χ3v) is 4.64. The number of pyridine rings is 1. The number of nitrogens with two attached hydrogens (primary N) is 1. The molecule has 1 saturated carbocycles. The van der Waals surface area contributed by atoms with Crippen molar-refractivity contribution in [1.29, 1.82) is 0 Å². The average molecular weight is 322 g/mol. The number of rotatable bonds is 4. The Morgan fingerprint density at radius 3 is 2.46 bits per heavy atom. The predicted octanol–water partition coefficient (Wildman–Crippen LogP) is 3.38. The third-order valence-electron chi connectivity index (χ3n) is 4.64. The van der Waals surface area contributed by atoms with Crippen molar-refractivity contribution in [2.75, 3.05) is 16.4 Å². The molecule has 1 aliphatic rings. The second kappa shape index (κ2) is 6.39. The van der Waals surface area contributed by atoms with Gasteiger partial charge in [0.15, 0.2) is 0 Å². The van der Waals surface area contributed by atoms with Crippen LogP contribution in [0.5, 0.6) is 0 Å². The van der Waals surface area contributed by atoms with E-state index >= 15 is 0 Å². The van der Waals surface area contributed by atoms with Gasteiger partial charge in [0.2, 0.25) is 5.95 Å². The molecule has 1 aliphatic carbocycles. The van der Waals surface area contributed by atoms with Crippen molar-refractivity contribution in [2.45, 2.75) is 37.8 Å². The largest absolute Gasteiger partial charge is 0.396 e. The lowest BCUT2D eigenvalue weighted by Crippen LogP contribution is -2.33. The highest BCUT2D eigenvalue weighted by molar-refractivity contribution is 5.77. The number of aromatic amines is 1. The minimum atomic E-state index is 0.427. The van der Waals surface area contributed by atoms with Crippen LogP contribution in [-0.2, 0) is 0 Å². The van der Waals surface area contributed by atoms with Crippen LogP contribution in [-0.4, -0.2) is 27.0 Å². The maximum Gasteiger partial charge on any atom is 0.201 e. The number of H-pyrrole nitrogens is 1. The number of hydrogen-bond donors (Lipinski definition) is 4. The zero-order chi connectivity index (χ0) is 16.4. The fourth-order valence-corrected chi connectivity index (χ4v) is 3.33. The van der Waals surface area contributed by atoms with Crippen LogP contribution in [0, 0.1) is 0 Å². The molecule has 0 aliphatic heterocycles. The fourth-order valence-electron chi connectivity index (χ4n) is 3.33. The van der Waals surface area contributed by atoms with Gasteiger partial charge in [0.1, 0.15) is 5.82 Å². The first kappa shape index (κ1) is 14.8.